The summed E-state index contributed by atoms with van der Waals surface area (Å²) in [7, 11) is 1.52. The predicted molar refractivity (Wildman–Crippen MR) is 62.5 cm³/mol. The quantitative estimate of drug-likeness (QED) is 0.877. The Kier molecular flexibility index (Phi) is 3.33. The van der Waals surface area contributed by atoms with Crippen molar-refractivity contribution in [3.8, 4) is 5.75 Å². The van der Waals surface area contributed by atoms with Crippen molar-refractivity contribution < 1.29 is 13.5 Å². The SMILES string of the molecule is COc1cccc(C(C)(F)F)c1C1CCCN1. The number of hydrogen-bond acceptors (Lipinski definition) is 2. The first-order valence-corrected chi connectivity index (χ1v) is 5.82. The van der Waals surface area contributed by atoms with E-state index in [9.17, 15) is 8.78 Å². The molecule has 1 fully saturated rings. The molecule has 0 aromatic heterocycles. The summed E-state index contributed by atoms with van der Waals surface area (Å²) in [5.41, 5.74) is 0.677. The van der Waals surface area contributed by atoms with E-state index in [0.717, 1.165) is 26.3 Å². The molecule has 1 heterocycles. The highest BCUT2D eigenvalue weighted by molar-refractivity contribution is 5.45. The highest BCUT2D eigenvalue weighted by atomic mass is 19.3. The van der Waals surface area contributed by atoms with Crippen LogP contribution in [0.15, 0.2) is 18.2 Å². The van der Waals surface area contributed by atoms with Crippen molar-refractivity contribution in [1.29, 1.82) is 0 Å². The Bertz CT molecular complexity index is 395. The van der Waals surface area contributed by atoms with E-state index in [0.29, 0.717) is 11.3 Å². The van der Waals surface area contributed by atoms with Gasteiger partial charge < -0.3 is 10.1 Å². The van der Waals surface area contributed by atoms with Gasteiger partial charge >= 0.3 is 0 Å². The number of alkyl halides is 2. The van der Waals surface area contributed by atoms with Crippen LogP contribution in [-0.4, -0.2) is 13.7 Å². The van der Waals surface area contributed by atoms with Gasteiger partial charge in [-0.3, -0.25) is 0 Å². The van der Waals surface area contributed by atoms with Gasteiger partial charge in [0.15, 0.2) is 0 Å². The maximum absolute atomic E-state index is 13.6. The molecule has 1 aromatic carbocycles. The molecule has 1 unspecified atom stereocenters. The molecule has 0 aliphatic carbocycles. The number of ether oxygens (including phenoxy) is 1. The van der Waals surface area contributed by atoms with E-state index in [-0.39, 0.29) is 11.6 Å². The van der Waals surface area contributed by atoms with Crippen molar-refractivity contribution in [2.24, 2.45) is 0 Å². The van der Waals surface area contributed by atoms with Crippen LogP contribution in [0.1, 0.15) is 36.9 Å². The summed E-state index contributed by atoms with van der Waals surface area (Å²) in [5, 5.41) is 3.25. The van der Waals surface area contributed by atoms with Crippen LogP contribution in [0.5, 0.6) is 5.75 Å². The third-order valence-corrected chi connectivity index (χ3v) is 3.17. The third-order valence-electron chi connectivity index (χ3n) is 3.17. The number of methoxy groups -OCH3 is 1. The lowest BCUT2D eigenvalue weighted by Crippen LogP contribution is -2.20. The maximum Gasteiger partial charge on any atom is 0.270 e. The molecular formula is C13H17F2NO. The fraction of sp³-hybridized carbons (Fsp3) is 0.538. The zero-order valence-electron chi connectivity index (χ0n) is 10.1. The predicted octanol–water partition coefficient (Wildman–Crippen LogP) is 3.23. The van der Waals surface area contributed by atoms with Gasteiger partial charge in [0, 0.05) is 24.1 Å². The Balaban J connectivity index is 2.51. The fourth-order valence-electron chi connectivity index (χ4n) is 2.40. The van der Waals surface area contributed by atoms with Gasteiger partial charge in [-0.15, -0.1) is 0 Å². The van der Waals surface area contributed by atoms with Crippen molar-refractivity contribution in [3.63, 3.8) is 0 Å². The third kappa shape index (κ3) is 2.41. The first-order valence-electron chi connectivity index (χ1n) is 5.82. The highest BCUT2D eigenvalue weighted by Gasteiger charge is 2.33. The van der Waals surface area contributed by atoms with Crippen LogP contribution in [0.4, 0.5) is 8.78 Å². The monoisotopic (exact) mass is 241 g/mol. The number of hydrogen-bond donors (Lipinski definition) is 1. The molecule has 1 aliphatic rings. The maximum atomic E-state index is 13.6. The van der Waals surface area contributed by atoms with Crippen molar-refractivity contribution in [2.75, 3.05) is 13.7 Å². The molecule has 2 rings (SSSR count). The largest absolute Gasteiger partial charge is 0.496 e. The highest BCUT2D eigenvalue weighted by Crippen LogP contribution is 2.40. The van der Waals surface area contributed by atoms with Crippen LogP contribution in [0, 0.1) is 0 Å². The summed E-state index contributed by atoms with van der Waals surface area (Å²) in [6.07, 6.45) is 1.89. The Morgan fingerprint density at radius 3 is 2.71 bits per heavy atom. The lowest BCUT2D eigenvalue weighted by molar-refractivity contribution is 0.0158. The topological polar surface area (TPSA) is 21.3 Å². The van der Waals surface area contributed by atoms with E-state index >= 15 is 0 Å². The summed E-state index contributed by atoms with van der Waals surface area (Å²) in [6.45, 7) is 1.80. The summed E-state index contributed by atoms with van der Waals surface area (Å²) in [5.74, 6) is -2.29. The molecule has 1 saturated heterocycles. The van der Waals surface area contributed by atoms with E-state index in [1.807, 2.05) is 0 Å². The number of rotatable bonds is 3. The van der Waals surface area contributed by atoms with Gasteiger partial charge in [-0.1, -0.05) is 12.1 Å². The molecule has 0 saturated carbocycles. The van der Waals surface area contributed by atoms with Crippen molar-refractivity contribution >= 4 is 0 Å². The second kappa shape index (κ2) is 4.61. The van der Waals surface area contributed by atoms with E-state index in [2.05, 4.69) is 5.32 Å². The summed E-state index contributed by atoms with van der Waals surface area (Å²) in [4.78, 5) is 0. The average molecular weight is 241 g/mol. The molecule has 17 heavy (non-hydrogen) atoms. The molecule has 1 aromatic rings. The molecule has 1 atom stereocenters. The Labute approximate surface area is 100.0 Å². The van der Waals surface area contributed by atoms with Gasteiger partial charge in [0.1, 0.15) is 5.75 Å². The molecule has 0 spiro atoms. The molecule has 0 radical (unpaired) electrons. The molecule has 94 valence electrons. The minimum absolute atomic E-state index is 0.0213. The molecule has 2 nitrogen and oxygen atoms in total. The lowest BCUT2D eigenvalue weighted by Gasteiger charge is -2.22. The second-order valence-electron chi connectivity index (χ2n) is 4.46. The molecule has 1 N–H and O–H groups in total. The van der Waals surface area contributed by atoms with Crippen molar-refractivity contribution in [1.82, 2.24) is 5.32 Å². The van der Waals surface area contributed by atoms with E-state index in [1.54, 1.807) is 12.1 Å². The standard InChI is InChI=1S/C13H17F2NO/c1-13(14,15)9-5-3-7-11(17-2)12(9)10-6-4-8-16-10/h3,5,7,10,16H,4,6,8H2,1-2H3. The van der Waals surface area contributed by atoms with Gasteiger partial charge in [-0.25, -0.2) is 8.78 Å². The zero-order chi connectivity index (χ0) is 12.5. The van der Waals surface area contributed by atoms with E-state index < -0.39 is 5.92 Å². The second-order valence-corrected chi connectivity index (χ2v) is 4.46. The number of halogens is 2. The van der Waals surface area contributed by atoms with Crippen LogP contribution in [-0.2, 0) is 5.92 Å². The summed E-state index contributed by atoms with van der Waals surface area (Å²) in [6, 6.07) is 4.82. The van der Waals surface area contributed by atoms with Crippen LogP contribution in [0.2, 0.25) is 0 Å². The van der Waals surface area contributed by atoms with Gasteiger partial charge in [0.05, 0.1) is 7.11 Å². The number of nitrogens with one attached hydrogen (secondary N) is 1. The fourth-order valence-corrected chi connectivity index (χ4v) is 2.40. The van der Waals surface area contributed by atoms with Gasteiger partial charge in [0.2, 0.25) is 0 Å². The average Bonchev–Trinajstić information content (AvgIpc) is 2.80. The summed E-state index contributed by atoms with van der Waals surface area (Å²) < 4.78 is 32.4. The molecular weight excluding hydrogens is 224 g/mol. The minimum Gasteiger partial charge on any atom is -0.496 e. The van der Waals surface area contributed by atoms with E-state index in [4.69, 9.17) is 4.74 Å². The van der Waals surface area contributed by atoms with E-state index in [1.165, 1.54) is 13.2 Å². The van der Waals surface area contributed by atoms with Gasteiger partial charge in [0.25, 0.3) is 5.92 Å². The first-order chi connectivity index (χ1) is 8.04. The van der Waals surface area contributed by atoms with Crippen molar-refractivity contribution in [3.05, 3.63) is 29.3 Å². The van der Waals surface area contributed by atoms with Crippen LogP contribution in [0.3, 0.4) is 0 Å². The molecule has 0 amide bonds. The zero-order valence-corrected chi connectivity index (χ0v) is 10.1. The molecule has 1 aliphatic heterocycles. The smallest absolute Gasteiger partial charge is 0.270 e. The first kappa shape index (κ1) is 12.3. The van der Waals surface area contributed by atoms with Crippen LogP contribution >= 0.6 is 0 Å². The van der Waals surface area contributed by atoms with Crippen LogP contribution in [0.25, 0.3) is 0 Å². The molecule has 4 heteroatoms. The molecule has 0 bridgehead atoms. The normalized spacial score (nSPS) is 20.6. The van der Waals surface area contributed by atoms with Crippen molar-refractivity contribution in [2.45, 2.75) is 31.7 Å². The lowest BCUT2D eigenvalue weighted by atomic mass is 9.94. The van der Waals surface area contributed by atoms with Gasteiger partial charge in [-0.05, 0) is 25.5 Å². The Morgan fingerprint density at radius 1 is 1.41 bits per heavy atom. The van der Waals surface area contributed by atoms with Gasteiger partial charge in [-0.2, -0.15) is 0 Å². The minimum atomic E-state index is -2.84. The van der Waals surface area contributed by atoms with Crippen LogP contribution < -0.4 is 10.1 Å². The Morgan fingerprint density at radius 2 is 2.18 bits per heavy atom. The summed E-state index contributed by atoms with van der Waals surface area (Å²) >= 11 is 0. The Hall–Kier alpha value is -1.16. The number of benzene rings is 1.